The molecule has 0 radical (unpaired) electrons. The maximum absolute atomic E-state index is 11.8. The molecule has 1 aromatic rings. The van der Waals surface area contributed by atoms with Crippen LogP contribution in [-0.4, -0.2) is 29.6 Å². The summed E-state index contributed by atoms with van der Waals surface area (Å²) in [5.74, 6) is -1.71. The lowest BCUT2D eigenvalue weighted by molar-refractivity contribution is -0.138. The van der Waals surface area contributed by atoms with Crippen LogP contribution in [0.5, 0.6) is 0 Å². The largest absolute Gasteiger partial charge is 0.481 e. The molecule has 1 aromatic carbocycles. The highest BCUT2D eigenvalue weighted by molar-refractivity contribution is 5.83. The van der Waals surface area contributed by atoms with E-state index < -0.39 is 17.9 Å². The molecule has 1 rings (SSSR count). The Hall–Kier alpha value is -1.88. The van der Waals surface area contributed by atoms with Crippen molar-refractivity contribution in [2.45, 2.75) is 32.2 Å². The van der Waals surface area contributed by atoms with Crippen LogP contribution in [-0.2, 0) is 9.59 Å². The Labute approximate surface area is 119 Å². The third-order valence-electron chi connectivity index (χ3n) is 3.04. The highest BCUT2D eigenvalue weighted by Crippen LogP contribution is 2.14. The number of amides is 1. The standard InChI is InChI=1S/C15H22N2O3/c1-10(2)8-13(16)14(18)17-9-12(15(19)20)11-6-4-3-5-7-11/h3-7,10,12-13H,8-9,16H2,1-2H3,(H,17,18)(H,19,20). The lowest BCUT2D eigenvalue weighted by atomic mass is 9.99. The summed E-state index contributed by atoms with van der Waals surface area (Å²) >= 11 is 0. The van der Waals surface area contributed by atoms with Gasteiger partial charge in [-0.1, -0.05) is 44.2 Å². The minimum atomic E-state index is -0.964. The van der Waals surface area contributed by atoms with E-state index in [1.165, 1.54) is 0 Å². The lowest BCUT2D eigenvalue weighted by Gasteiger charge is -2.17. The molecule has 110 valence electrons. The molecule has 5 nitrogen and oxygen atoms in total. The van der Waals surface area contributed by atoms with Gasteiger partial charge in [0.1, 0.15) is 0 Å². The molecule has 0 aliphatic carbocycles. The molecule has 0 aliphatic rings. The van der Waals surface area contributed by atoms with Crippen LogP contribution in [0.2, 0.25) is 0 Å². The second kappa shape index (κ2) is 7.65. The third-order valence-corrected chi connectivity index (χ3v) is 3.04. The van der Waals surface area contributed by atoms with Gasteiger partial charge in [0.05, 0.1) is 12.0 Å². The average molecular weight is 278 g/mol. The summed E-state index contributed by atoms with van der Waals surface area (Å²) in [7, 11) is 0. The van der Waals surface area contributed by atoms with Crippen LogP contribution >= 0.6 is 0 Å². The first-order chi connectivity index (χ1) is 9.41. The van der Waals surface area contributed by atoms with Crippen LogP contribution in [0.15, 0.2) is 30.3 Å². The Morgan fingerprint density at radius 1 is 1.25 bits per heavy atom. The minimum absolute atomic E-state index is 0.0456. The number of hydrogen-bond donors (Lipinski definition) is 3. The van der Waals surface area contributed by atoms with Crippen molar-refractivity contribution in [2.24, 2.45) is 11.7 Å². The van der Waals surface area contributed by atoms with E-state index >= 15 is 0 Å². The summed E-state index contributed by atoms with van der Waals surface area (Å²) in [6.07, 6.45) is 0.578. The number of carboxylic acid groups (broad SMARTS) is 1. The van der Waals surface area contributed by atoms with Gasteiger partial charge in [-0.15, -0.1) is 0 Å². The van der Waals surface area contributed by atoms with Gasteiger partial charge in [-0.25, -0.2) is 0 Å². The highest BCUT2D eigenvalue weighted by atomic mass is 16.4. The summed E-state index contributed by atoms with van der Waals surface area (Å²) < 4.78 is 0. The van der Waals surface area contributed by atoms with Crippen LogP contribution in [0.3, 0.4) is 0 Å². The van der Waals surface area contributed by atoms with Gasteiger partial charge >= 0.3 is 5.97 Å². The van der Waals surface area contributed by atoms with Gasteiger partial charge in [0.25, 0.3) is 0 Å². The molecule has 0 saturated heterocycles. The Kier molecular flexibility index (Phi) is 6.18. The van der Waals surface area contributed by atoms with Crippen molar-refractivity contribution in [3.8, 4) is 0 Å². The fourth-order valence-electron chi connectivity index (χ4n) is 1.98. The number of carbonyl (C=O) groups excluding carboxylic acids is 1. The zero-order valence-electron chi connectivity index (χ0n) is 11.9. The van der Waals surface area contributed by atoms with Crippen molar-refractivity contribution in [1.29, 1.82) is 0 Å². The number of benzene rings is 1. The van der Waals surface area contributed by atoms with Crippen LogP contribution in [0.25, 0.3) is 0 Å². The van der Waals surface area contributed by atoms with Crippen molar-refractivity contribution in [3.63, 3.8) is 0 Å². The van der Waals surface area contributed by atoms with E-state index in [-0.39, 0.29) is 12.5 Å². The van der Waals surface area contributed by atoms with Crippen LogP contribution in [0.1, 0.15) is 31.7 Å². The summed E-state index contributed by atoms with van der Waals surface area (Å²) in [6, 6.07) is 8.24. The first-order valence-electron chi connectivity index (χ1n) is 6.72. The van der Waals surface area contributed by atoms with Gasteiger partial charge in [-0.05, 0) is 17.9 Å². The van der Waals surface area contributed by atoms with Gasteiger partial charge in [0, 0.05) is 6.54 Å². The molecule has 0 aromatic heterocycles. The SMILES string of the molecule is CC(C)CC(N)C(=O)NCC(C(=O)O)c1ccccc1. The zero-order chi connectivity index (χ0) is 15.1. The van der Waals surface area contributed by atoms with Crippen molar-refractivity contribution in [1.82, 2.24) is 5.32 Å². The Bertz CT molecular complexity index is 446. The fraction of sp³-hybridized carbons (Fsp3) is 0.467. The second-order valence-corrected chi connectivity index (χ2v) is 5.28. The zero-order valence-corrected chi connectivity index (χ0v) is 11.9. The summed E-state index contributed by atoms with van der Waals surface area (Å²) in [5, 5.41) is 11.9. The minimum Gasteiger partial charge on any atom is -0.481 e. The topological polar surface area (TPSA) is 92.4 Å². The number of hydrogen-bond acceptors (Lipinski definition) is 3. The Morgan fingerprint density at radius 2 is 1.85 bits per heavy atom. The van der Waals surface area contributed by atoms with Gasteiger partial charge in [0.2, 0.25) is 5.91 Å². The second-order valence-electron chi connectivity index (χ2n) is 5.28. The molecule has 0 bridgehead atoms. The molecule has 5 heteroatoms. The number of nitrogens with two attached hydrogens (primary N) is 1. The summed E-state index contributed by atoms with van der Waals surface area (Å²) in [4.78, 5) is 23.1. The maximum Gasteiger partial charge on any atom is 0.312 e. The van der Waals surface area contributed by atoms with E-state index in [2.05, 4.69) is 5.32 Å². The molecule has 0 aliphatic heterocycles. The van der Waals surface area contributed by atoms with E-state index in [9.17, 15) is 14.7 Å². The highest BCUT2D eigenvalue weighted by Gasteiger charge is 2.22. The summed E-state index contributed by atoms with van der Waals surface area (Å²) in [6.45, 7) is 4.01. The molecule has 1 amide bonds. The molecule has 0 saturated carbocycles. The van der Waals surface area contributed by atoms with Gasteiger partial charge in [-0.2, -0.15) is 0 Å². The van der Waals surface area contributed by atoms with Crippen molar-refractivity contribution in [2.75, 3.05) is 6.54 Å². The summed E-state index contributed by atoms with van der Waals surface area (Å²) in [5.41, 5.74) is 6.42. The Balaban J connectivity index is 2.61. The van der Waals surface area contributed by atoms with Crippen LogP contribution in [0.4, 0.5) is 0 Å². The van der Waals surface area contributed by atoms with E-state index in [0.717, 1.165) is 0 Å². The molecule has 0 spiro atoms. The first-order valence-corrected chi connectivity index (χ1v) is 6.72. The first kappa shape index (κ1) is 16.2. The molecule has 4 N–H and O–H groups in total. The normalized spacial score (nSPS) is 13.8. The molecule has 20 heavy (non-hydrogen) atoms. The molecule has 2 unspecified atom stereocenters. The monoisotopic (exact) mass is 278 g/mol. The maximum atomic E-state index is 11.8. The van der Waals surface area contributed by atoms with Crippen LogP contribution < -0.4 is 11.1 Å². The fourth-order valence-corrected chi connectivity index (χ4v) is 1.98. The van der Waals surface area contributed by atoms with Crippen molar-refractivity contribution in [3.05, 3.63) is 35.9 Å². The Morgan fingerprint density at radius 3 is 2.35 bits per heavy atom. The molecule has 2 atom stereocenters. The quantitative estimate of drug-likeness (QED) is 0.702. The van der Waals surface area contributed by atoms with Gasteiger partial charge in [-0.3, -0.25) is 9.59 Å². The van der Waals surface area contributed by atoms with Gasteiger partial charge in [0.15, 0.2) is 0 Å². The van der Waals surface area contributed by atoms with E-state index in [1.54, 1.807) is 24.3 Å². The molecule has 0 heterocycles. The number of aliphatic carboxylic acids is 1. The molecular formula is C15H22N2O3. The average Bonchev–Trinajstić information content (AvgIpc) is 2.38. The predicted molar refractivity (Wildman–Crippen MR) is 77.3 cm³/mol. The van der Waals surface area contributed by atoms with E-state index in [0.29, 0.717) is 17.9 Å². The van der Waals surface area contributed by atoms with Crippen molar-refractivity contribution >= 4 is 11.9 Å². The van der Waals surface area contributed by atoms with E-state index in [1.807, 2.05) is 19.9 Å². The van der Waals surface area contributed by atoms with Crippen LogP contribution in [0, 0.1) is 5.92 Å². The number of nitrogens with one attached hydrogen (secondary N) is 1. The number of carbonyl (C=O) groups is 2. The third kappa shape index (κ3) is 5.01. The smallest absolute Gasteiger partial charge is 0.312 e. The van der Waals surface area contributed by atoms with E-state index in [4.69, 9.17) is 5.73 Å². The van der Waals surface area contributed by atoms with Crippen molar-refractivity contribution < 1.29 is 14.7 Å². The lowest BCUT2D eigenvalue weighted by Crippen LogP contribution is -2.43. The molecule has 0 fully saturated rings. The molecular weight excluding hydrogens is 256 g/mol. The predicted octanol–water partition coefficient (Wildman–Crippen LogP) is 1.34. The number of carboxylic acids is 1. The van der Waals surface area contributed by atoms with Gasteiger partial charge < -0.3 is 16.2 Å². The number of rotatable bonds is 7.